The fourth-order valence-corrected chi connectivity index (χ4v) is 10.8. The molecule has 19 heteroatoms. The van der Waals surface area contributed by atoms with Crippen molar-refractivity contribution in [3.8, 4) is 10.4 Å². The second-order valence-electron chi connectivity index (χ2n) is 20.7. The Morgan fingerprint density at radius 2 is 1.62 bits per heavy atom. The van der Waals surface area contributed by atoms with E-state index in [9.17, 15) is 38.7 Å². The Labute approximate surface area is 437 Å². The van der Waals surface area contributed by atoms with Crippen LogP contribution in [0.15, 0.2) is 66.2 Å². The molecule has 7 amide bonds. The molecule has 0 spiro atoms. The van der Waals surface area contributed by atoms with Crippen molar-refractivity contribution in [2.24, 2.45) is 16.9 Å². The van der Waals surface area contributed by atoms with Gasteiger partial charge in [0.25, 0.3) is 0 Å². The number of nitrogens with two attached hydrogens (primary N) is 2. The van der Waals surface area contributed by atoms with Gasteiger partial charge < -0.3 is 42.7 Å². The molecule has 0 unspecified atom stereocenters. The van der Waals surface area contributed by atoms with Crippen LogP contribution in [0.25, 0.3) is 10.4 Å². The van der Waals surface area contributed by atoms with E-state index in [-0.39, 0.29) is 74.8 Å². The molecule has 0 bridgehead atoms. The molecule has 9 N–H and O–H groups in total. The molecule has 7 rings (SSSR count). The zero-order valence-electron chi connectivity index (χ0n) is 42.5. The van der Waals surface area contributed by atoms with Crippen molar-refractivity contribution >= 4 is 76.5 Å². The fourth-order valence-electron chi connectivity index (χ4n) is 10.0. The first-order valence-electron chi connectivity index (χ1n) is 25.0. The summed E-state index contributed by atoms with van der Waals surface area (Å²) in [7, 11) is 0. The number of carbonyl (C=O) groups is 7. The van der Waals surface area contributed by atoms with Crippen molar-refractivity contribution in [3.05, 3.63) is 99.7 Å². The van der Waals surface area contributed by atoms with Gasteiger partial charge in [-0.2, -0.15) is 0 Å². The van der Waals surface area contributed by atoms with Crippen LogP contribution < -0.4 is 37.6 Å². The summed E-state index contributed by atoms with van der Waals surface area (Å²) in [6.45, 7) is 11.3. The van der Waals surface area contributed by atoms with Crippen LogP contribution in [0.2, 0.25) is 0 Å². The van der Waals surface area contributed by atoms with Gasteiger partial charge in [-0.25, -0.2) is 4.98 Å². The number of rotatable bonds is 19. The number of carbonyl (C=O) groups excluding carboxylic acids is 7. The number of aliphatic hydroxyl groups excluding tert-OH is 1. The van der Waals surface area contributed by atoms with Crippen LogP contribution >= 0.6 is 23.7 Å². The number of nitrogens with one attached hydrogen (secondary N) is 4. The number of aromatic nitrogens is 1. The van der Waals surface area contributed by atoms with Crippen LogP contribution in [0.3, 0.4) is 0 Å². The minimum absolute atomic E-state index is 0. The molecule has 392 valence electrons. The maximum absolute atomic E-state index is 14.2. The highest BCUT2D eigenvalue weighted by molar-refractivity contribution is 7.13. The number of aliphatic hydroxyl groups is 1. The number of hydrogen-bond donors (Lipinski definition) is 7. The van der Waals surface area contributed by atoms with E-state index >= 15 is 0 Å². The standard InChI is InChI=1S/C54H69N9O8S.ClH/c1-30-23-33(25-38(24-30)59-49(67)41(21-22-44(56)65)60-51(69)43-26-37-13-10-12-35-19-20-40(55)52(70)63(43)46(35)37)11-8-7-9-14-45(66)61-48(54(4,5)6)53(71)62-28-39(64)27-42(62)50(68)58-31(2)34-15-17-36(18-16-34)47-32(3)57-29-72-47;/h10,12-13,15-18,23-25,29,31,39-43,48,64H,7-9,11,14,19-22,26-28,55H2,1-6H3,(H2,56,65)(H,58,68)(H,59,67)(H,60,69)(H,61,66);1H/t31-,39+,40-,41-,42-,43-,48+;/m0./s1. The first-order valence-corrected chi connectivity index (χ1v) is 25.8. The van der Waals surface area contributed by atoms with Crippen LogP contribution in [0, 0.1) is 19.3 Å². The number of unbranched alkanes of at least 4 members (excludes halogenated alkanes) is 2. The summed E-state index contributed by atoms with van der Waals surface area (Å²) in [5.74, 6) is -3.14. The van der Waals surface area contributed by atoms with Gasteiger partial charge in [-0.15, -0.1) is 23.7 Å². The molecule has 0 aliphatic carbocycles. The summed E-state index contributed by atoms with van der Waals surface area (Å²) in [6.07, 6.45) is 3.09. The molecule has 3 aromatic carbocycles. The molecule has 0 radical (unpaired) electrons. The number of β-amino-alcohol motifs (C(OH)–C–C–N with tert-alkyl or cyclic N) is 1. The number of nitrogens with zero attached hydrogens (tertiary/aromatic N) is 3. The van der Waals surface area contributed by atoms with E-state index in [2.05, 4.69) is 26.3 Å². The zero-order valence-corrected chi connectivity index (χ0v) is 44.1. The van der Waals surface area contributed by atoms with Gasteiger partial charge in [0.05, 0.1) is 40.0 Å². The van der Waals surface area contributed by atoms with Gasteiger partial charge in [-0.1, -0.05) is 75.7 Å². The highest BCUT2D eigenvalue weighted by Gasteiger charge is 2.46. The van der Waals surface area contributed by atoms with Gasteiger partial charge in [-0.3, -0.25) is 38.5 Å². The lowest BCUT2D eigenvalue weighted by Gasteiger charge is -2.35. The molecule has 1 saturated heterocycles. The number of halogens is 1. The Kier molecular flexibility index (Phi) is 18.6. The Balaban J connectivity index is 0.00000869. The first-order chi connectivity index (χ1) is 34.2. The lowest BCUT2D eigenvalue weighted by Crippen LogP contribution is -2.57. The summed E-state index contributed by atoms with van der Waals surface area (Å²) in [6, 6.07) is 14.3. The molecule has 1 aromatic heterocycles. The van der Waals surface area contributed by atoms with E-state index in [1.54, 1.807) is 17.4 Å². The molecular weight excluding hydrogens is 970 g/mol. The van der Waals surface area contributed by atoms with Crippen molar-refractivity contribution in [1.82, 2.24) is 25.8 Å². The molecule has 73 heavy (non-hydrogen) atoms. The average Bonchev–Trinajstić information content (AvgIpc) is 4.04. The summed E-state index contributed by atoms with van der Waals surface area (Å²) >= 11 is 1.57. The van der Waals surface area contributed by atoms with Gasteiger partial charge in [0.1, 0.15) is 24.2 Å². The number of primary amides is 1. The van der Waals surface area contributed by atoms with Crippen molar-refractivity contribution in [1.29, 1.82) is 0 Å². The molecule has 4 heterocycles. The highest BCUT2D eigenvalue weighted by atomic mass is 35.5. The normalized spacial score (nSPS) is 19.4. The second kappa shape index (κ2) is 24.2. The molecule has 4 aromatic rings. The van der Waals surface area contributed by atoms with Crippen molar-refractivity contribution < 1.29 is 38.7 Å². The van der Waals surface area contributed by atoms with E-state index in [4.69, 9.17) is 11.5 Å². The Bertz CT molecular complexity index is 2690. The summed E-state index contributed by atoms with van der Waals surface area (Å²) in [4.78, 5) is 103. The number of hydrogen-bond acceptors (Lipinski definition) is 11. The molecule has 3 aliphatic heterocycles. The average molecular weight is 1040 g/mol. The number of thiazole rings is 1. The topological polar surface area (TPSA) is 259 Å². The SMILES string of the molecule is Cc1cc(CCCCCC(=O)N[C@H](C(=O)N2C[C@H](O)C[C@H]2C(=O)N[C@@H](C)c2ccc(-c3scnc3C)cc2)C(C)(C)C)cc(NC(=O)[C@H](CCC(N)=O)NC(=O)[C@@H]2Cc3cccc4c3N2C(=O)[C@@H](N)CC4)c1.Cl. The van der Waals surface area contributed by atoms with Gasteiger partial charge >= 0.3 is 0 Å². The lowest BCUT2D eigenvalue weighted by atomic mass is 9.85. The third-order valence-electron chi connectivity index (χ3n) is 13.9. The summed E-state index contributed by atoms with van der Waals surface area (Å²) < 4.78 is 0. The predicted molar refractivity (Wildman–Crippen MR) is 284 cm³/mol. The smallest absolute Gasteiger partial charge is 0.246 e. The van der Waals surface area contributed by atoms with Gasteiger partial charge in [0.15, 0.2) is 0 Å². The summed E-state index contributed by atoms with van der Waals surface area (Å²) in [5, 5.41) is 22.4. The molecule has 17 nitrogen and oxygen atoms in total. The predicted octanol–water partition coefficient (Wildman–Crippen LogP) is 5.24. The molecular formula is C54H70ClN9O8S. The Morgan fingerprint density at radius 1 is 0.904 bits per heavy atom. The van der Waals surface area contributed by atoms with Crippen LogP contribution in [0.4, 0.5) is 11.4 Å². The minimum atomic E-state index is -1.13. The van der Waals surface area contributed by atoms with E-state index in [0.29, 0.717) is 43.5 Å². The molecule has 0 saturated carbocycles. The highest BCUT2D eigenvalue weighted by Crippen LogP contribution is 2.39. The first kappa shape index (κ1) is 56.1. The number of likely N-dealkylation sites (tertiary alicyclic amines) is 1. The molecule has 7 atom stereocenters. The Morgan fingerprint density at radius 3 is 2.30 bits per heavy atom. The maximum Gasteiger partial charge on any atom is 0.246 e. The van der Waals surface area contributed by atoms with Crippen molar-refractivity contribution in [3.63, 3.8) is 0 Å². The Hall–Kier alpha value is -6.21. The number of benzene rings is 3. The third-order valence-corrected chi connectivity index (χ3v) is 14.9. The van der Waals surface area contributed by atoms with E-state index in [0.717, 1.165) is 50.4 Å². The van der Waals surface area contributed by atoms with Gasteiger partial charge in [-0.05, 0) is 110 Å². The molecule has 3 aliphatic rings. The van der Waals surface area contributed by atoms with E-state index < -0.39 is 65.4 Å². The van der Waals surface area contributed by atoms with Crippen molar-refractivity contribution in [2.75, 3.05) is 16.8 Å². The number of aryl methyl sites for hydroxylation is 4. The third kappa shape index (κ3) is 13.7. The number of para-hydroxylation sites is 1. The maximum atomic E-state index is 14.2. The molecule has 1 fully saturated rings. The summed E-state index contributed by atoms with van der Waals surface area (Å²) in [5.41, 5.74) is 20.5. The van der Waals surface area contributed by atoms with E-state index in [1.165, 1.54) is 9.80 Å². The number of amides is 7. The van der Waals surface area contributed by atoms with E-state index in [1.807, 2.05) is 102 Å². The minimum Gasteiger partial charge on any atom is -0.391 e. The zero-order chi connectivity index (χ0) is 52.0. The largest absolute Gasteiger partial charge is 0.391 e. The van der Waals surface area contributed by atoms with Gasteiger partial charge in [0, 0.05) is 37.9 Å². The number of anilines is 2. The van der Waals surface area contributed by atoms with Crippen LogP contribution in [-0.2, 0) is 52.8 Å². The quantitative estimate of drug-likeness (QED) is 0.0601. The van der Waals surface area contributed by atoms with Gasteiger partial charge in [0.2, 0.25) is 41.4 Å². The van der Waals surface area contributed by atoms with Crippen molar-refractivity contribution in [2.45, 2.75) is 155 Å². The fraction of sp³-hybridized carbons (Fsp3) is 0.481. The van der Waals surface area contributed by atoms with Crippen LogP contribution in [0.1, 0.15) is 119 Å². The van der Waals surface area contributed by atoms with Crippen LogP contribution in [-0.4, -0.2) is 99.2 Å². The second-order valence-corrected chi connectivity index (χ2v) is 21.6. The monoisotopic (exact) mass is 1040 g/mol. The van der Waals surface area contributed by atoms with Crippen LogP contribution in [0.5, 0.6) is 0 Å². The lowest BCUT2D eigenvalue weighted by molar-refractivity contribution is -0.144.